The lowest BCUT2D eigenvalue weighted by Gasteiger charge is -2.47. The lowest BCUT2D eigenvalue weighted by molar-refractivity contribution is -0.143. The van der Waals surface area contributed by atoms with Crippen LogP contribution in [0.25, 0.3) is 32.3 Å². The Morgan fingerprint density at radius 1 is 0.935 bits per heavy atom. The summed E-state index contributed by atoms with van der Waals surface area (Å²) in [5, 5.41) is 7.57. The molecule has 0 heterocycles. The highest BCUT2D eigenvalue weighted by Gasteiger charge is 2.42. The molecule has 0 spiro atoms. The first kappa shape index (κ1) is 19.3. The Morgan fingerprint density at radius 3 is 2.52 bits per heavy atom. The van der Waals surface area contributed by atoms with E-state index in [1.807, 2.05) is 0 Å². The highest BCUT2D eigenvalue weighted by molar-refractivity contribution is 6.23. The van der Waals surface area contributed by atoms with Gasteiger partial charge in [0.1, 0.15) is 6.61 Å². The van der Waals surface area contributed by atoms with Gasteiger partial charge >= 0.3 is 0 Å². The van der Waals surface area contributed by atoms with E-state index in [4.69, 9.17) is 4.74 Å². The zero-order chi connectivity index (χ0) is 21.0. The Bertz CT molecular complexity index is 1260. The third-order valence-corrected chi connectivity index (χ3v) is 8.26. The number of hydrogen-bond donors (Lipinski definition) is 0. The predicted octanol–water partition coefficient (Wildman–Crippen LogP) is 7.07. The van der Waals surface area contributed by atoms with Gasteiger partial charge in [0.15, 0.2) is 5.78 Å². The molecule has 0 unspecified atom stereocenters. The molecule has 3 atom stereocenters. The molecule has 2 bridgehead atoms. The molecule has 2 nitrogen and oxygen atoms in total. The van der Waals surface area contributed by atoms with Crippen LogP contribution in [0.2, 0.25) is 0 Å². The molecule has 0 aliphatic heterocycles. The van der Waals surface area contributed by atoms with Crippen LogP contribution in [0.4, 0.5) is 0 Å². The Balaban J connectivity index is 1.26. The fourth-order valence-electron chi connectivity index (χ4n) is 6.45. The number of rotatable bonds is 5. The van der Waals surface area contributed by atoms with Gasteiger partial charge in [-0.1, -0.05) is 67.4 Å². The van der Waals surface area contributed by atoms with Crippen molar-refractivity contribution in [2.75, 3.05) is 6.61 Å². The molecule has 6 rings (SSSR count). The molecule has 2 aliphatic rings. The van der Waals surface area contributed by atoms with Gasteiger partial charge in [0.25, 0.3) is 0 Å². The Morgan fingerprint density at radius 2 is 1.68 bits per heavy atom. The van der Waals surface area contributed by atoms with Gasteiger partial charge in [-0.3, -0.25) is 4.79 Å². The number of hydrogen-bond acceptors (Lipinski definition) is 2. The van der Waals surface area contributed by atoms with Gasteiger partial charge < -0.3 is 4.74 Å². The van der Waals surface area contributed by atoms with E-state index in [2.05, 4.69) is 61.5 Å². The molecule has 158 valence electrons. The quantitative estimate of drug-likeness (QED) is 0.329. The second-order valence-corrected chi connectivity index (χ2v) is 10.2. The summed E-state index contributed by atoms with van der Waals surface area (Å²) in [4.78, 5) is 13.0. The molecule has 0 saturated heterocycles. The second kappa shape index (κ2) is 7.31. The van der Waals surface area contributed by atoms with E-state index in [1.165, 1.54) is 64.4 Å². The number of benzene rings is 4. The normalized spacial score (nSPS) is 26.1. The summed E-state index contributed by atoms with van der Waals surface area (Å²) in [6.07, 6.45) is 8.07. The summed E-state index contributed by atoms with van der Waals surface area (Å²) in [7, 11) is 0. The van der Waals surface area contributed by atoms with Gasteiger partial charge in [-0.15, -0.1) is 0 Å². The largest absolute Gasteiger partial charge is 0.367 e. The molecule has 0 aromatic heterocycles. The summed E-state index contributed by atoms with van der Waals surface area (Å²) >= 11 is 0. The van der Waals surface area contributed by atoms with Crippen molar-refractivity contribution in [3.05, 3.63) is 60.2 Å². The molecule has 0 amide bonds. The minimum Gasteiger partial charge on any atom is -0.367 e. The van der Waals surface area contributed by atoms with Crippen LogP contribution in [0.5, 0.6) is 0 Å². The van der Waals surface area contributed by atoms with Crippen molar-refractivity contribution in [3.8, 4) is 0 Å². The van der Waals surface area contributed by atoms with E-state index < -0.39 is 0 Å². The monoisotopic (exact) mass is 410 g/mol. The zero-order valence-electron chi connectivity index (χ0n) is 18.3. The summed E-state index contributed by atoms with van der Waals surface area (Å²) in [5.41, 5.74) is 1.00. The van der Waals surface area contributed by atoms with Gasteiger partial charge in [0.05, 0.1) is 5.60 Å². The second-order valence-electron chi connectivity index (χ2n) is 10.2. The summed E-state index contributed by atoms with van der Waals surface area (Å²) in [6, 6.07) is 19.5. The van der Waals surface area contributed by atoms with E-state index >= 15 is 0 Å². The van der Waals surface area contributed by atoms with Crippen LogP contribution in [0.3, 0.4) is 0 Å². The molecule has 0 N–H and O–H groups in total. The van der Waals surface area contributed by atoms with Crippen molar-refractivity contribution in [2.45, 2.75) is 57.5 Å². The molecule has 4 aromatic rings. The van der Waals surface area contributed by atoms with Crippen molar-refractivity contribution >= 4 is 38.1 Å². The molecule has 2 aliphatic carbocycles. The lowest BCUT2D eigenvalue weighted by atomic mass is 9.65. The number of ether oxygens (including phenoxy) is 1. The maximum Gasteiger partial charge on any atom is 0.162 e. The van der Waals surface area contributed by atoms with Crippen LogP contribution in [0.1, 0.15) is 51.0 Å². The lowest BCUT2D eigenvalue weighted by Crippen LogP contribution is -2.45. The Kier molecular flexibility index (Phi) is 4.54. The third kappa shape index (κ3) is 3.24. The molecular weight excluding hydrogens is 380 g/mol. The van der Waals surface area contributed by atoms with E-state index in [9.17, 15) is 4.79 Å². The average Bonchev–Trinajstić information content (AvgIpc) is 2.80. The van der Waals surface area contributed by atoms with Crippen LogP contribution in [-0.4, -0.2) is 18.0 Å². The third-order valence-electron chi connectivity index (χ3n) is 8.26. The average molecular weight is 411 g/mol. The zero-order valence-corrected chi connectivity index (χ0v) is 18.3. The number of carbonyl (C=O) groups excluding carboxylic acids is 1. The topological polar surface area (TPSA) is 26.3 Å². The number of fused-ring (bicyclic) bond motifs is 2. The highest BCUT2D eigenvalue weighted by Crippen LogP contribution is 2.47. The Hall–Kier alpha value is -2.45. The first-order chi connectivity index (χ1) is 15.1. The van der Waals surface area contributed by atoms with Crippen LogP contribution in [0.15, 0.2) is 54.6 Å². The van der Waals surface area contributed by atoms with Crippen LogP contribution >= 0.6 is 0 Å². The van der Waals surface area contributed by atoms with Gasteiger partial charge in [-0.2, -0.15) is 0 Å². The van der Waals surface area contributed by atoms with Gasteiger partial charge in [-0.05, 0) is 82.3 Å². The SMILES string of the molecule is C[C@@]1(OCC(=O)Cc2ccc3ccc4cccc5ccc2c3c45)CC[C@@H]2CCC[C@H]1C2. The summed E-state index contributed by atoms with van der Waals surface area (Å²) < 4.78 is 6.37. The summed E-state index contributed by atoms with van der Waals surface area (Å²) in [5.74, 6) is 1.71. The Labute approximate surface area is 183 Å². The molecule has 4 aromatic carbocycles. The van der Waals surface area contributed by atoms with Crippen molar-refractivity contribution < 1.29 is 9.53 Å². The highest BCUT2D eigenvalue weighted by atomic mass is 16.5. The van der Waals surface area contributed by atoms with Gasteiger partial charge in [0.2, 0.25) is 0 Å². The molecule has 2 saturated carbocycles. The van der Waals surface area contributed by atoms with Gasteiger partial charge in [0, 0.05) is 6.42 Å². The molecule has 0 radical (unpaired) electrons. The van der Waals surface area contributed by atoms with Crippen molar-refractivity contribution in [3.63, 3.8) is 0 Å². The minimum atomic E-state index is -0.116. The maximum absolute atomic E-state index is 13.0. The number of ketones is 1. The maximum atomic E-state index is 13.0. The minimum absolute atomic E-state index is 0.116. The van der Waals surface area contributed by atoms with Crippen LogP contribution in [0, 0.1) is 11.8 Å². The summed E-state index contributed by atoms with van der Waals surface area (Å²) in [6.45, 7) is 2.49. The van der Waals surface area contributed by atoms with Crippen molar-refractivity contribution in [2.24, 2.45) is 11.8 Å². The van der Waals surface area contributed by atoms with Crippen molar-refractivity contribution in [1.82, 2.24) is 0 Å². The molecule has 2 fully saturated rings. The number of carbonyl (C=O) groups is 1. The predicted molar refractivity (Wildman–Crippen MR) is 128 cm³/mol. The standard InChI is InChI=1S/C29H30O2/c1-29(15-14-19-4-2-7-24(29)16-19)31-18-25(30)17-23-11-10-22-9-8-20-5-3-6-21-12-13-26(23)28(22)27(20)21/h3,5-6,8-13,19,24H,2,4,7,14-18H2,1H3/t19-,24-,29+/m0/s1. The smallest absolute Gasteiger partial charge is 0.162 e. The molecular formula is C29H30O2. The van der Waals surface area contributed by atoms with E-state index in [0.717, 1.165) is 17.9 Å². The van der Waals surface area contributed by atoms with E-state index in [1.54, 1.807) is 0 Å². The van der Waals surface area contributed by atoms with Crippen LogP contribution < -0.4 is 0 Å². The fraction of sp³-hybridized carbons (Fsp3) is 0.414. The fourth-order valence-corrected chi connectivity index (χ4v) is 6.45. The number of Topliss-reactive ketones (excluding diaryl/α,β-unsaturated/α-hetero) is 1. The van der Waals surface area contributed by atoms with Crippen molar-refractivity contribution in [1.29, 1.82) is 0 Å². The van der Waals surface area contributed by atoms with Gasteiger partial charge in [-0.25, -0.2) is 0 Å². The molecule has 31 heavy (non-hydrogen) atoms. The first-order valence-electron chi connectivity index (χ1n) is 11.9. The van der Waals surface area contributed by atoms with Crippen LogP contribution in [-0.2, 0) is 16.0 Å². The van der Waals surface area contributed by atoms with E-state index in [-0.39, 0.29) is 18.0 Å². The van der Waals surface area contributed by atoms with E-state index in [0.29, 0.717) is 12.3 Å². The molecule has 2 heteroatoms. The first-order valence-corrected chi connectivity index (χ1v) is 11.9.